The highest BCUT2D eigenvalue weighted by Crippen LogP contribution is 2.31. The van der Waals surface area contributed by atoms with Crippen molar-refractivity contribution in [2.45, 2.75) is 6.92 Å². The summed E-state index contributed by atoms with van der Waals surface area (Å²) < 4.78 is 58.0. The standard InChI is InChI=1S/C12H6BrF4NO/c1-5-4-6(2-3-7(5)13)19-10-8(14)11(16)18-12(17)9(10)15/h2-4H,1H3. The van der Waals surface area contributed by atoms with E-state index in [2.05, 4.69) is 20.9 Å². The fraction of sp³-hybridized carbons (Fsp3) is 0.0833. The van der Waals surface area contributed by atoms with Gasteiger partial charge in [0.1, 0.15) is 5.75 Å². The van der Waals surface area contributed by atoms with Crippen LogP contribution in [0.4, 0.5) is 17.6 Å². The first-order chi connectivity index (χ1) is 8.90. The van der Waals surface area contributed by atoms with E-state index in [9.17, 15) is 17.6 Å². The minimum atomic E-state index is -1.76. The first-order valence-corrected chi connectivity index (χ1v) is 5.83. The first-order valence-electron chi connectivity index (χ1n) is 5.04. The van der Waals surface area contributed by atoms with Crippen molar-refractivity contribution >= 4 is 15.9 Å². The van der Waals surface area contributed by atoms with Gasteiger partial charge < -0.3 is 4.74 Å². The van der Waals surface area contributed by atoms with Crippen molar-refractivity contribution in [1.29, 1.82) is 0 Å². The molecule has 0 N–H and O–H groups in total. The van der Waals surface area contributed by atoms with Crippen LogP contribution in [0.2, 0.25) is 0 Å². The molecule has 0 aliphatic heterocycles. The molecular formula is C12H6BrF4NO. The molecule has 0 amide bonds. The van der Waals surface area contributed by atoms with Gasteiger partial charge in [-0.2, -0.15) is 22.5 Å². The van der Waals surface area contributed by atoms with E-state index in [0.29, 0.717) is 0 Å². The SMILES string of the molecule is Cc1cc(Oc2c(F)c(F)nc(F)c2F)ccc1Br. The highest BCUT2D eigenvalue weighted by atomic mass is 79.9. The van der Waals surface area contributed by atoms with Crippen molar-refractivity contribution in [1.82, 2.24) is 4.98 Å². The number of pyridine rings is 1. The Bertz CT molecular complexity index is 622. The molecule has 2 nitrogen and oxygen atoms in total. The first kappa shape index (κ1) is 13.8. The van der Waals surface area contributed by atoms with Crippen LogP contribution >= 0.6 is 15.9 Å². The maximum Gasteiger partial charge on any atom is 0.255 e. The van der Waals surface area contributed by atoms with E-state index in [1.807, 2.05) is 0 Å². The van der Waals surface area contributed by atoms with Gasteiger partial charge in [-0.3, -0.25) is 0 Å². The average molecular weight is 336 g/mol. The van der Waals surface area contributed by atoms with Crippen LogP contribution in [0.5, 0.6) is 11.5 Å². The molecule has 1 aromatic carbocycles. The van der Waals surface area contributed by atoms with Gasteiger partial charge in [-0.25, -0.2) is 0 Å². The number of nitrogens with zero attached hydrogens (tertiary/aromatic N) is 1. The number of hydrogen-bond acceptors (Lipinski definition) is 2. The molecule has 2 aromatic rings. The molecule has 0 radical (unpaired) electrons. The lowest BCUT2D eigenvalue weighted by Crippen LogP contribution is -2.03. The van der Waals surface area contributed by atoms with E-state index < -0.39 is 29.3 Å². The zero-order valence-corrected chi connectivity index (χ0v) is 11.1. The Morgan fingerprint density at radius 1 is 1.05 bits per heavy atom. The Morgan fingerprint density at radius 3 is 2.16 bits per heavy atom. The molecule has 1 aromatic heterocycles. The highest BCUT2D eigenvalue weighted by molar-refractivity contribution is 9.10. The summed E-state index contributed by atoms with van der Waals surface area (Å²) in [5.74, 6) is -8.00. The number of aryl methyl sites for hydroxylation is 1. The topological polar surface area (TPSA) is 22.1 Å². The molecule has 100 valence electrons. The summed E-state index contributed by atoms with van der Waals surface area (Å²) in [4.78, 5) is 2.44. The van der Waals surface area contributed by atoms with E-state index in [4.69, 9.17) is 4.74 Å². The van der Waals surface area contributed by atoms with Crippen LogP contribution in [-0.2, 0) is 0 Å². The van der Waals surface area contributed by atoms with Crippen LogP contribution in [0.1, 0.15) is 5.56 Å². The number of benzene rings is 1. The van der Waals surface area contributed by atoms with Crippen molar-refractivity contribution in [2.75, 3.05) is 0 Å². The van der Waals surface area contributed by atoms with Gasteiger partial charge in [0.15, 0.2) is 0 Å². The molecule has 0 saturated carbocycles. The summed E-state index contributed by atoms with van der Waals surface area (Å²) in [6.07, 6.45) is 0. The summed E-state index contributed by atoms with van der Waals surface area (Å²) in [7, 11) is 0. The maximum atomic E-state index is 13.3. The second kappa shape index (κ2) is 5.16. The van der Waals surface area contributed by atoms with E-state index >= 15 is 0 Å². The third-order valence-electron chi connectivity index (χ3n) is 2.31. The monoisotopic (exact) mass is 335 g/mol. The largest absolute Gasteiger partial charge is 0.451 e. The van der Waals surface area contributed by atoms with Gasteiger partial charge in [0.25, 0.3) is 11.9 Å². The third-order valence-corrected chi connectivity index (χ3v) is 3.20. The van der Waals surface area contributed by atoms with Crippen LogP contribution in [0.15, 0.2) is 22.7 Å². The van der Waals surface area contributed by atoms with E-state index in [1.165, 1.54) is 12.1 Å². The fourth-order valence-electron chi connectivity index (χ4n) is 1.36. The minimum absolute atomic E-state index is 0.0449. The summed E-state index contributed by atoms with van der Waals surface area (Å²) in [6, 6.07) is 4.43. The van der Waals surface area contributed by atoms with Crippen molar-refractivity contribution in [3.63, 3.8) is 0 Å². The van der Waals surface area contributed by atoms with E-state index in [1.54, 1.807) is 13.0 Å². The molecule has 0 aliphatic carbocycles. The smallest absolute Gasteiger partial charge is 0.255 e. The van der Waals surface area contributed by atoms with Gasteiger partial charge >= 0.3 is 0 Å². The van der Waals surface area contributed by atoms with Gasteiger partial charge in [0.05, 0.1) is 0 Å². The van der Waals surface area contributed by atoms with Crippen molar-refractivity contribution in [3.8, 4) is 11.5 Å². The summed E-state index contributed by atoms with van der Waals surface area (Å²) in [6.45, 7) is 1.72. The molecule has 0 aliphatic rings. The Hall–Kier alpha value is -1.63. The molecule has 1 heterocycles. The van der Waals surface area contributed by atoms with Crippen molar-refractivity contribution in [2.24, 2.45) is 0 Å². The Labute approximate surface area is 114 Å². The van der Waals surface area contributed by atoms with Crippen molar-refractivity contribution in [3.05, 3.63) is 51.8 Å². The quantitative estimate of drug-likeness (QED) is 0.595. The lowest BCUT2D eigenvalue weighted by atomic mass is 10.2. The second-order valence-electron chi connectivity index (χ2n) is 3.66. The lowest BCUT2D eigenvalue weighted by molar-refractivity contribution is 0.343. The van der Waals surface area contributed by atoms with Crippen LogP contribution < -0.4 is 4.74 Å². The normalized spacial score (nSPS) is 10.6. The zero-order chi connectivity index (χ0) is 14.2. The van der Waals surface area contributed by atoms with Gasteiger partial charge in [-0.05, 0) is 30.7 Å². The molecule has 0 unspecified atom stereocenters. The number of aromatic nitrogens is 1. The molecular weight excluding hydrogens is 330 g/mol. The van der Waals surface area contributed by atoms with Crippen LogP contribution in [-0.4, -0.2) is 4.98 Å². The summed E-state index contributed by atoms with van der Waals surface area (Å²) >= 11 is 3.23. The average Bonchev–Trinajstić information content (AvgIpc) is 2.36. The van der Waals surface area contributed by atoms with E-state index in [-0.39, 0.29) is 5.75 Å². The van der Waals surface area contributed by atoms with Crippen molar-refractivity contribution < 1.29 is 22.3 Å². The van der Waals surface area contributed by atoms with Gasteiger partial charge in [-0.15, -0.1) is 0 Å². The summed E-state index contributed by atoms with van der Waals surface area (Å²) in [5.41, 5.74) is 0.730. The van der Waals surface area contributed by atoms with Crippen LogP contribution in [0.3, 0.4) is 0 Å². The molecule has 0 bridgehead atoms. The van der Waals surface area contributed by atoms with Crippen LogP contribution in [0, 0.1) is 30.5 Å². The molecule has 7 heteroatoms. The van der Waals surface area contributed by atoms with Crippen LogP contribution in [0.25, 0.3) is 0 Å². The zero-order valence-electron chi connectivity index (χ0n) is 9.48. The Balaban J connectivity index is 2.46. The van der Waals surface area contributed by atoms with E-state index in [0.717, 1.165) is 10.0 Å². The fourth-order valence-corrected chi connectivity index (χ4v) is 1.60. The van der Waals surface area contributed by atoms with Gasteiger partial charge in [0.2, 0.25) is 17.4 Å². The summed E-state index contributed by atoms with van der Waals surface area (Å²) in [5, 5.41) is 0. The third kappa shape index (κ3) is 2.70. The molecule has 0 spiro atoms. The number of ether oxygens (including phenoxy) is 1. The Morgan fingerprint density at radius 2 is 1.63 bits per heavy atom. The predicted octanol–water partition coefficient (Wildman–Crippen LogP) is 4.50. The molecule has 2 rings (SSSR count). The number of halogens is 5. The minimum Gasteiger partial charge on any atom is -0.451 e. The molecule has 0 saturated heterocycles. The molecule has 0 fully saturated rings. The maximum absolute atomic E-state index is 13.3. The second-order valence-corrected chi connectivity index (χ2v) is 4.52. The molecule has 19 heavy (non-hydrogen) atoms. The number of hydrogen-bond donors (Lipinski definition) is 0. The predicted molar refractivity (Wildman–Crippen MR) is 63.0 cm³/mol. The lowest BCUT2D eigenvalue weighted by Gasteiger charge is -2.09. The molecule has 0 atom stereocenters. The van der Waals surface area contributed by atoms with Gasteiger partial charge in [0, 0.05) is 4.47 Å². The Kier molecular flexibility index (Phi) is 3.75. The highest BCUT2D eigenvalue weighted by Gasteiger charge is 2.22. The number of rotatable bonds is 2. The van der Waals surface area contributed by atoms with Gasteiger partial charge in [-0.1, -0.05) is 15.9 Å².